The summed E-state index contributed by atoms with van der Waals surface area (Å²) in [4.78, 5) is 7.62. The molecule has 1 fully saturated rings. The quantitative estimate of drug-likeness (QED) is 0.215. The molecule has 8 heteroatoms. The van der Waals surface area contributed by atoms with Crippen molar-refractivity contribution in [2.45, 2.75) is 44.7 Å². The number of nitrogens with zero attached hydrogens (tertiary/aromatic N) is 1. The molecular weight excluding hydrogens is 494 g/mol. The number of para-hydroxylation sites is 2. The van der Waals surface area contributed by atoms with Gasteiger partial charge in [0, 0.05) is 30.0 Å². The molecule has 1 aromatic heterocycles. The maximum Gasteiger partial charge on any atom is 0.133 e. The van der Waals surface area contributed by atoms with E-state index < -0.39 is 0 Å². The minimum absolute atomic E-state index is 0.0568. The topological polar surface area (TPSA) is 97.9 Å². The molecule has 3 N–H and O–H groups in total. The van der Waals surface area contributed by atoms with Gasteiger partial charge >= 0.3 is 0 Å². The van der Waals surface area contributed by atoms with E-state index >= 15 is 0 Å². The van der Waals surface area contributed by atoms with E-state index in [9.17, 15) is 5.11 Å². The van der Waals surface area contributed by atoms with Gasteiger partial charge in [-0.3, -0.25) is 0 Å². The van der Waals surface area contributed by atoms with Crippen molar-refractivity contribution in [2.24, 2.45) is 0 Å². The first kappa shape index (κ1) is 27.1. The number of aromatic nitrogens is 2. The summed E-state index contributed by atoms with van der Waals surface area (Å²) >= 11 is 0. The zero-order valence-electron chi connectivity index (χ0n) is 22.4. The van der Waals surface area contributed by atoms with Gasteiger partial charge in [-0.1, -0.05) is 42.5 Å². The molecule has 0 aliphatic carbocycles. The van der Waals surface area contributed by atoms with Crippen LogP contribution < -0.4 is 14.8 Å². The lowest BCUT2D eigenvalue weighted by Gasteiger charge is -2.32. The highest BCUT2D eigenvalue weighted by Crippen LogP contribution is 2.30. The zero-order valence-corrected chi connectivity index (χ0v) is 22.4. The van der Waals surface area contributed by atoms with Crippen LogP contribution in [0.5, 0.6) is 11.5 Å². The van der Waals surface area contributed by atoms with Crippen LogP contribution in [0.1, 0.15) is 41.3 Å². The highest BCUT2D eigenvalue weighted by Gasteiger charge is 2.27. The maximum atomic E-state index is 9.43. The Balaban J connectivity index is 1.10. The van der Waals surface area contributed by atoms with Gasteiger partial charge in [-0.2, -0.15) is 0 Å². The lowest BCUT2D eigenvalue weighted by atomic mass is 9.87. The Hall–Kier alpha value is -3.43. The van der Waals surface area contributed by atoms with Crippen LogP contribution in [0.25, 0.3) is 11.0 Å². The van der Waals surface area contributed by atoms with E-state index in [4.69, 9.17) is 18.9 Å². The number of aliphatic hydroxyl groups is 1. The normalized spacial score (nSPS) is 17.4. The Bertz CT molecular complexity index is 1320. The molecule has 206 valence electrons. The molecule has 0 bridgehead atoms. The van der Waals surface area contributed by atoms with Crippen LogP contribution in [0.4, 0.5) is 0 Å². The van der Waals surface area contributed by atoms with Crippen molar-refractivity contribution >= 4 is 11.0 Å². The first-order chi connectivity index (χ1) is 19.2. The fraction of sp³-hybridized carbons (Fsp3) is 0.387. The van der Waals surface area contributed by atoms with Crippen LogP contribution in [0.2, 0.25) is 0 Å². The standard InChI is InChI=1S/C31H37N3O5/c1-36-28-9-3-2-6-23(28)20-37-16-5-17-38-25-12-10-22(11-13-25)26-14-15-32-18-29(26)39-21-24-7-4-8-27-31(24)34-30(19-35)33-27/h2-4,6-13,26,29,32,35H,5,14-21H2,1H3,(H,33,34). The van der Waals surface area contributed by atoms with E-state index in [0.29, 0.717) is 38.2 Å². The van der Waals surface area contributed by atoms with Crippen molar-refractivity contribution in [3.63, 3.8) is 0 Å². The molecule has 1 aliphatic heterocycles. The summed E-state index contributed by atoms with van der Waals surface area (Å²) in [5.74, 6) is 2.58. The molecule has 4 aromatic rings. The number of imidazole rings is 1. The number of ether oxygens (including phenoxy) is 4. The Morgan fingerprint density at radius 3 is 2.64 bits per heavy atom. The summed E-state index contributed by atoms with van der Waals surface area (Å²) in [6.45, 7) is 3.89. The summed E-state index contributed by atoms with van der Waals surface area (Å²) in [6, 6.07) is 22.3. The Morgan fingerprint density at radius 1 is 0.949 bits per heavy atom. The highest BCUT2D eigenvalue weighted by molar-refractivity contribution is 5.78. The second-order valence-electron chi connectivity index (χ2n) is 9.74. The van der Waals surface area contributed by atoms with E-state index in [1.165, 1.54) is 5.56 Å². The summed E-state index contributed by atoms with van der Waals surface area (Å²) in [6.07, 6.45) is 1.88. The van der Waals surface area contributed by atoms with E-state index in [1.54, 1.807) is 7.11 Å². The van der Waals surface area contributed by atoms with Crippen molar-refractivity contribution in [3.05, 3.63) is 89.2 Å². The number of nitrogens with one attached hydrogen (secondary N) is 2. The number of benzene rings is 3. The Morgan fingerprint density at radius 2 is 1.79 bits per heavy atom. The molecule has 1 aliphatic rings. The number of H-pyrrole nitrogens is 1. The summed E-state index contributed by atoms with van der Waals surface area (Å²) in [5, 5.41) is 12.9. The second kappa shape index (κ2) is 13.6. The predicted molar refractivity (Wildman–Crippen MR) is 150 cm³/mol. The maximum absolute atomic E-state index is 9.43. The largest absolute Gasteiger partial charge is 0.496 e. The minimum Gasteiger partial charge on any atom is -0.496 e. The van der Waals surface area contributed by atoms with Gasteiger partial charge in [-0.15, -0.1) is 0 Å². The molecule has 39 heavy (non-hydrogen) atoms. The van der Waals surface area contributed by atoms with Crippen LogP contribution >= 0.6 is 0 Å². The van der Waals surface area contributed by atoms with Crippen molar-refractivity contribution < 1.29 is 24.1 Å². The number of methoxy groups -OCH3 is 1. The van der Waals surface area contributed by atoms with Crippen LogP contribution in [-0.4, -0.2) is 54.6 Å². The summed E-state index contributed by atoms with van der Waals surface area (Å²) in [7, 11) is 1.67. The number of hydrogen-bond acceptors (Lipinski definition) is 7. The molecule has 5 rings (SSSR count). The number of fused-ring (bicyclic) bond motifs is 1. The number of aliphatic hydroxyl groups excluding tert-OH is 1. The number of hydrogen-bond donors (Lipinski definition) is 3. The molecule has 2 heterocycles. The van der Waals surface area contributed by atoms with Gasteiger partial charge in [-0.25, -0.2) is 4.98 Å². The van der Waals surface area contributed by atoms with Gasteiger partial charge in [0.25, 0.3) is 0 Å². The van der Waals surface area contributed by atoms with Crippen LogP contribution in [0.3, 0.4) is 0 Å². The molecule has 0 amide bonds. The molecular formula is C31H37N3O5. The number of rotatable bonds is 13. The Kier molecular flexibility index (Phi) is 9.45. The molecule has 0 saturated carbocycles. The van der Waals surface area contributed by atoms with Gasteiger partial charge < -0.3 is 34.4 Å². The fourth-order valence-electron chi connectivity index (χ4n) is 5.09. The van der Waals surface area contributed by atoms with Crippen molar-refractivity contribution in [1.29, 1.82) is 0 Å². The van der Waals surface area contributed by atoms with Crippen LogP contribution in [-0.2, 0) is 29.3 Å². The van der Waals surface area contributed by atoms with E-state index in [1.807, 2.05) is 54.6 Å². The minimum atomic E-state index is -0.110. The van der Waals surface area contributed by atoms with Gasteiger partial charge in [-0.05, 0) is 42.8 Å². The smallest absolute Gasteiger partial charge is 0.133 e. The molecule has 0 radical (unpaired) electrons. The molecule has 0 spiro atoms. The summed E-state index contributed by atoms with van der Waals surface area (Å²) < 4.78 is 23.6. The average Bonchev–Trinajstić information content (AvgIpc) is 3.43. The molecule has 3 aromatic carbocycles. The highest BCUT2D eigenvalue weighted by atomic mass is 16.5. The first-order valence-electron chi connectivity index (χ1n) is 13.6. The molecule has 2 unspecified atom stereocenters. The SMILES string of the molecule is COc1ccccc1COCCCOc1ccc(C2CCNCC2OCc2cccc3nc(CO)[nH]c23)cc1. The third-order valence-corrected chi connectivity index (χ3v) is 7.14. The van der Waals surface area contributed by atoms with Crippen LogP contribution in [0.15, 0.2) is 66.7 Å². The van der Waals surface area contributed by atoms with Crippen LogP contribution in [0, 0.1) is 0 Å². The lowest BCUT2D eigenvalue weighted by Crippen LogP contribution is -2.40. The molecule has 2 atom stereocenters. The van der Waals surface area contributed by atoms with Gasteiger partial charge in [0.15, 0.2) is 0 Å². The van der Waals surface area contributed by atoms with Crippen molar-refractivity contribution in [3.8, 4) is 11.5 Å². The molecule has 1 saturated heterocycles. The van der Waals surface area contributed by atoms with Crippen molar-refractivity contribution in [1.82, 2.24) is 15.3 Å². The van der Waals surface area contributed by atoms with E-state index in [-0.39, 0.29) is 12.7 Å². The fourth-order valence-corrected chi connectivity index (χ4v) is 5.09. The first-order valence-corrected chi connectivity index (χ1v) is 13.6. The number of aromatic amines is 1. The third-order valence-electron chi connectivity index (χ3n) is 7.14. The predicted octanol–water partition coefficient (Wildman–Crippen LogP) is 4.71. The summed E-state index contributed by atoms with van der Waals surface area (Å²) in [5.41, 5.74) is 5.12. The monoisotopic (exact) mass is 531 g/mol. The van der Waals surface area contributed by atoms with Gasteiger partial charge in [0.2, 0.25) is 0 Å². The van der Waals surface area contributed by atoms with Gasteiger partial charge in [0.1, 0.15) is 23.9 Å². The zero-order chi connectivity index (χ0) is 26.9. The number of piperidine rings is 1. The average molecular weight is 532 g/mol. The van der Waals surface area contributed by atoms with E-state index in [2.05, 4.69) is 27.4 Å². The van der Waals surface area contributed by atoms with Crippen molar-refractivity contribution in [2.75, 3.05) is 33.4 Å². The second-order valence-corrected chi connectivity index (χ2v) is 9.74. The third kappa shape index (κ3) is 6.96. The molecule has 8 nitrogen and oxygen atoms in total. The van der Waals surface area contributed by atoms with Gasteiger partial charge in [0.05, 0.1) is 50.7 Å². The Labute approximate surface area is 229 Å². The van der Waals surface area contributed by atoms with E-state index in [0.717, 1.165) is 59.6 Å². The lowest BCUT2D eigenvalue weighted by molar-refractivity contribution is 0.0111.